The number of benzene rings is 1. The fraction of sp³-hybridized carbons (Fsp3) is 0.214. The molecule has 0 bridgehead atoms. The molecule has 4 nitrogen and oxygen atoms in total. The normalized spacial score (nSPS) is 11.0. The summed E-state index contributed by atoms with van der Waals surface area (Å²) in [5.41, 5.74) is 9.30. The number of anilines is 2. The van der Waals surface area contributed by atoms with Gasteiger partial charge in [0.25, 0.3) is 6.01 Å². The first-order valence-electron chi connectivity index (χ1n) is 6.21. The number of oxazole rings is 1. The van der Waals surface area contributed by atoms with E-state index in [-0.39, 0.29) is 0 Å². The van der Waals surface area contributed by atoms with E-state index in [9.17, 15) is 0 Å². The zero-order valence-electron chi connectivity index (χ0n) is 10.6. The first-order chi connectivity index (χ1) is 9.26. The highest BCUT2D eigenvalue weighted by atomic mass is 32.1. The van der Waals surface area contributed by atoms with Gasteiger partial charge in [-0.3, -0.25) is 0 Å². The third-order valence-electron chi connectivity index (χ3n) is 3.03. The van der Waals surface area contributed by atoms with Crippen LogP contribution >= 0.6 is 11.3 Å². The number of nitrogen functional groups attached to an aromatic ring is 1. The van der Waals surface area contributed by atoms with Crippen LogP contribution < -0.4 is 11.1 Å². The van der Waals surface area contributed by atoms with Crippen molar-refractivity contribution in [1.82, 2.24) is 4.98 Å². The largest absolute Gasteiger partial charge is 0.423 e. The van der Waals surface area contributed by atoms with E-state index in [0.29, 0.717) is 17.3 Å². The summed E-state index contributed by atoms with van der Waals surface area (Å²) < 4.78 is 5.62. The predicted octanol–water partition coefficient (Wildman–Crippen LogP) is 3.65. The molecule has 0 saturated carbocycles. The van der Waals surface area contributed by atoms with Crippen LogP contribution in [0.5, 0.6) is 0 Å². The number of aromatic nitrogens is 1. The third-order valence-corrected chi connectivity index (χ3v) is 3.99. The quantitative estimate of drug-likeness (QED) is 0.712. The molecule has 0 atom stereocenters. The second-order valence-electron chi connectivity index (χ2n) is 4.32. The number of thiophene rings is 1. The van der Waals surface area contributed by atoms with E-state index in [0.717, 1.165) is 18.5 Å². The molecule has 0 aliphatic carbocycles. The number of hydrogen-bond donors (Lipinski definition) is 2. The summed E-state index contributed by atoms with van der Waals surface area (Å²) in [6.45, 7) is 2.90. The number of hydrogen-bond acceptors (Lipinski definition) is 5. The minimum absolute atomic E-state index is 0.538. The van der Waals surface area contributed by atoms with Crippen molar-refractivity contribution in [2.24, 2.45) is 0 Å². The van der Waals surface area contributed by atoms with Gasteiger partial charge in [-0.1, -0.05) is 6.92 Å². The van der Waals surface area contributed by atoms with Crippen molar-refractivity contribution in [1.29, 1.82) is 0 Å². The molecule has 5 heteroatoms. The summed E-state index contributed by atoms with van der Waals surface area (Å²) >= 11 is 1.75. The molecule has 0 saturated heterocycles. The zero-order valence-corrected chi connectivity index (χ0v) is 11.5. The van der Waals surface area contributed by atoms with Crippen LogP contribution in [0.1, 0.15) is 17.4 Å². The van der Waals surface area contributed by atoms with E-state index < -0.39 is 0 Å². The third kappa shape index (κ3) is 2.42. The van der Waals surface area contributed by atoms with Gasteiger partial charge in [-0.15, -0.1) is 11.3 Å². The Labute approximate surface area is 115 Å². The minimum atomic E-state index is 0.538. The highest BCUT2D eigenvalue weighted by Crippen LogP contribution is 2.23. The van der Waals surface area contributed by atoms with Crippen LogP contribution in [0.3, 0.4) is 0 Å². The summed E-state index contributed by atoms with van der Waals surface area (Å²) in [6, 6.07) is 8.17. The monoisotopic (exact) mass is 273 g/mol. The number of rotatable bonds is 4. The molecule has 0 unspecified atom stereocenters. The predicted molar refractivity (Wildman–Crippen MR) is 79.4 cm³/mol. The Balaban J connectivity index is 1.78. The maximum atomic E-state index is 5.72. The van der Waals surface area contributed by atoms with Crippen LogP contribution in [0.25, 0.3) is 11.1 Å². The van der Waals surface area contributed by atoms with E-state index in [1.165, 1.54) is 10.4 Å². The van der Waals surface area contributed by atoms with E-state index >= 15 is 0 Å². The van der Waals surface area contributed by atoms with Gasteiger partial charge in [0, 0.05) is 16.6 Å². The van der Waals surface area contributed by atoms with E-state index in [2.05, 4.69) is 28.7 Å². The zero-order chi connectivity index (χ0) is 13.2. The second-order valence-corrected chi connectivity index (χ2v) is 5.32. The molecule has 0 aliphatic rings. The molecule has 3 N–H and O–H groups in total. The summed E-state index contributed by atoms with van der Waals surface area (Å²) in [5, 5.41) is 5.34. The average molecular weight is 273 g/mol. The molecule has 0 fully saturated rings. The summed E-state index contributed by atoms with van der Waals surface area (Å²) in [5.74, 6) is 0. The lowest BCUT2D eigenvalue weighted by atomic mass is 10.2. The number of nitrogens with two attached hydrogens (primary N) is 1. The van der Waals surface area contributed by atoms with Gasteiger partial charge in [-0.05, 0) is 35.6 Å². The molecule has 2 aromatic heterocycles. The van der Waals surface area contributed by atoms with Gasteiger partial charge in [-0.25, -0.2) is 0 Å². The lowest BCUT2D eigenvalue weighted by Crippen LogP contribution is -1.99. The highest BCUT2D eigenvalue weighted by Gasteiger charge is 2.07. The Morgan fingerprint density at radius 2 is 2.26 bits per heavy atom. The second kappa shape index (κ2) is 4.93. The van der Waals surface area contributed by atoms with Crippen molar-refractivity contribution in [3.63, 3.8) is 0 Å². The maximum absolute atomic E-state index is 5.72. The van der Waals surface area contributed by atoms with Crippen molar-refractivity contribution >= 4 is 34.1 Å². The lowest BCUT2D eigenvalue weighted by molar-refractivity contribution is 0.615. The van der Waals surface area contributed by atoms with Gasteiger partial charge in [0.2, 0.25) is 0 Å². The fourth-order valence-corrected chi connectivity index (χ4v) is 2.93. The molecule has 0 radical (unpaired) electrons. The van der Waals surface area contributed by atoms with Crippen molar-refractivity contribution in [2.75, 3.05) is 11.1 Å². The van der Waals surface area contributed by atoms with Crippen LogP contribution in [0.15, 0.2) is 34.1 Å². The van der Waals surface area contributed by atoms with E-state index in [1.807, 2.05) is 12.1 Å². The van der Waals surface area contributed by atoms with Crippen molar-refractivity contribution in [3.05, 3.63) is 40.1 Å². The smallest absolute Gasteiger partial charge is 0.295 e. The Morgan fingerprint density at radius 3 is 3.11 bits per heavy atom. The van der Waals surface area contributed by atoms with Crippen LogP contribution in [-0.4, -0.2) is 4.98 Å². The maximum Gasteiger partial charge on any atom is 0.295 e. The topological polar surface area (TPSA) is 64.1 Å². The Bertz CT molecular complexity index is 702. The molecule has 2 heterocycles. The van der Waals surface area contributed by atoms with Gasteiger partial charge in [-0.2, -0.15) is 4.98 Å². The SMILES string of the molecule is CCc1ccsc1CNc1nc2ccc(N)cc2o1. The molecule has 0 amide bonds. The Hall–Kier alpha value is -2.01. The molecule has 3 rings (SSSR count). The average Bonchev–Trinajstić information content (AvgIpc) is 3.01. The van der Waals surface area contributed by atoms with Crippen molar-refractivity contribution in [2.45, 2.75) is 19.9 Å². The Morgan fingerprint density at radius 1 is 1.37 bits per heavy atom. The van der Waals surface area contributed by atoms with Crippen molar-refractivity contribution in [3.8, 4) is 0 Å². The summed E-state index contributed by atoms with van der Waals surface area (Å²) in [4.78, 5) is 5.70. The molecule has 0 aliphatic heterocycles. The lowest BCUT2D eigenvalue weighted by Gasteiger charge is -2.01. The molecular formula is C14H15N3OS. The standard InChI is InChI=1S/C14H15N3OS/c1-2-9-5-6-19-13(9)8-16-14-17-11-4-3-10(15)7-12(11)18-14/h3-7H,2,8,15H2,1H3,(H,16,17). The molecule has 19 heavy (non-hydrogen) atoms. The van der Waals surface area contributed by atoms with Crippen LogP contribution in [-0.2, 0) is 13.0 Å². The molecule has 3 aromatic rings. The van der Waals surface area contributed by atoms with Gasteiger partial charge in [0.15, 0.2) is 5.58 Å². The van der Waals surface area contributed by atoms with Gasteiger partial charge in [0.05, 0.1) is 6.54 Å². The van der Waals surface area contributed by atoms with Gasteiger partial charge < -0.3 is 15.5 Å². The minimum Gasteiger partial charge on any atom is -0.423 e. The van der Waals surface area contributed by atoms with E-state index in [1.54, 1.807) is 17.4 Å². The van der Waals surface area contributed by atoms with Crippen LogP contribution in [0, 0.1) is 0 Å². The molecule has 0 spiro atoms. The van der Waals surface area contributed by atoms with E-state index in [4.69, 9.17) is 10.2 Å². The molecule has 98 valence electrons. The number of aryl methyl sites for hydroxylation is 1. The number of nitrogens with one attached hydrogen (secondary N) is 1. The molecule has 1 aromatic carbocycles. The van der Waals surface area contributed by atoms with Gasteiger partial charge in [0.1, 0.15) is 5.52 Å². The van der Waals surface area contributed by atoms with Crippen LogP contribution in [0.4, 0.5) is 11.7 Å². The summed E-state index contributed by atoms with van der Waals surface area (Å²) in [6.07, 6.45) is 1.05. The fourth-order valence-electron chi connectivity index (χ4n) is 2.01. The first kappa shape index (κ1) is 12.0. The van der Waals surface area contributed by atoms with Gasteiger partial charge >= 0.3 is 0 Å². The summed E-state index contributed by atoms with van der Waals surface area (Å²) in [7, 11) is 0. The number of fused-ring (bicyclic) bond motifs is 1. The molecular weight excluding hydrogens is 258 g/mol. The van der Waals surface area contributed by atoms with Crippen molar-refractivity contribution < 1.29 is 4.42 Å². The first-order valence-corrected chi connectivity index (χ1v) is 7.09. The van der Waals surface area contributed by atoms with Crippen LogP contribution in [0.2, 0.25) is 0 Å². The number of nitrogens with zero attached hydrogens (tertiary/aromatic N) is 1. The Kier molecular flexibility index (Phi) is 3.13. The highest BCUT2D eigenvalue weighted by molar-refractivity contribution is 7.10.